The molecule has 1 aliphatic heterocycles. The Morgan fingerprint density at radius 3 is 2.42 bits per heavy atom. The summed E-state index contributed by atoms with van der Waals surface area (Å²) in [4.78, 5) is 45.7. The standard InChI is InChI=1S/C24H21FN4O4/c1-33-20-11-7-17(8-12-20)27-22(30)14-21-23(31)29(19-9-5-16(25)6-10-19)24(32)28(21)15-18-4-2-3-13-26-18/h2-13,21H,14-15H2,1H3,(H,27,30)/t21-/m0/s1. The second-order valence-corrected chi connectivity index (χ2v) is 7.38. The first kappa shape index (κ1) is 21.9. The van der Waals surface area contributed by atoms with Gasteiger partial charge in [-0.15, -0.1) is 0 Å². The average molecular weight is 448 g/mol. The number of halogens is 1. The first-order chi connectivity index (χ1) is 16.0. The number of benzene rings is 2. The lowest BCUT2D eigenvalue weighted by Crippen LogP contribution is -2.37. The van der Waals surface area contributed by atoms with Gasteiger partial charge in [0, 0.05) is 11.9 Å². The molecule has 1 aliphatic rings. The third-order valence-electron chi connectivity index (χ3n) is 5.21. The van der Waals surface area contributed by atoms with Crippen LogP contribution in [-0.2, 0) is 16.1 Å². The van der Waals surface area contributed by atoms with Crippen molar-refractivity contribution in [2.24, 2.45) is 0 Å². The number of methoxy groups -OCH3 is 1. The molecule has 3 aromatic rings. The highest BCUT2D eigenvalue weighted by atomic mass is 19.1. The Labute approximate surface area is 189 Å². The molecule has 0 radical (unpaired) electrons. The molecule has 1 N–H and O–H groups in total. The number of ether oxygens (including phenoxy) is 1. The van der Waals surface area contributed by atoms with Gasteiger partial charge in [0.25, 0.3) is 5.91 Å². The normalized spacial score (nSPS) is 15.6. The molecule has 8 nitrogen and oxygen atoms in total. The van der Waals surface area contributed by atoms with E-state index in [1.54, 1.807) is 55.8 Å². The molecule has 2 aromatic carbocycles. The number of imide groups is 1. The van der Waals surface area contributed by atoms with Crippen molar-refractivity contribution >= 4 is 29.2 Å². The highest BCUT2D eigenvalue weighted by molar-refractivity contribution is 6.22. The predicted molar refractivity (Wildman–Crippen MR) is 119 cm³/mol. The van der Waals surface area contributed by atoms with Crippen molar-refractivity contribution in [3.8, 4) is 5.75 Å². The molecule has 0 spiro atoms. The van der Waals surface area contributed by atoms with Crippen molar-refractivity contribution in [3.05, 3.63) is 84.4 Å². The fourth-order valence-corrected chi connectivity index (χ4v) is 3.57. The highest BCUT2D eigenvalue weighted by Gasteiger charge is 2.46. The van der Waals surface area contributed by atoms with Gasteiger partial charge < -0.3 is 15.0 Å². The van der Waals surface area contributed by atoms with E-state index in [9.17, 15) is 18.8 Å². The Morgan fingerprint density at radius 2 is 1.79 bits per heavy atom. The summed E-state index contributed by atoms with van der Waals surface area (Å²) < 4.78 is 18.5. The number of rotatable bonds is 7. The van der Waals surface area contributed by atoms with Crippen LogP contribution in [0.3, 0.4) is 0 Å². The number of hydrogen-bond donors (Lipinski definition) is 1. The van der Waals surface area contributed by atoms with Gasteiger partial charge >= 0.3 is 6.03 Å². The molecule has 2 heterocycles. The van der Waals surface area contributed by atoms with Crippen LogP contribution >= 0.6 is 0 Å². The van der Waals surface area contributed by atoms with Crippen LogP contribution in [0.5, 0.6) is 5.75 Å². The molecule has 1 atom stereocenters. The maximum Gasteiger partial charge on any atom is 0.332 e. The van der Waals surface area contributed by atoms with Crippen molar-refractivity contribution in [1.29, 1.82) is 0 Å². The first-order valence-corrected chi connectivity index (χ1v) is 10.2. The molecule has 4 rings (SSSR count). The predicted octanol–water partition coefficient (Wildman–Crippen LogP) is 3.60. The average Bonchev–Trinajstić information content (AvgIpc) is 3.05. The van der Waals surface area contributed by atoms with E-state index in [1.807, 2.05) is 0 Å². The largest absolute Gasteiger partial charge is 0.497 e. The number of aromatic nitrogens is 1. The summed E-state index contributed by atoms with van der Waals surface area (Å²) in [6.45, 7) is 0.0452. The summed E-state index contributed by atoms with van der Waals surface area (Å²) in [5, 5.41) is 2.73. The number of carbonyl (C=O) groups is 3. The Kier molecular flexibility index (Phi) is 6.30. The van der Waals surface area contributed by atoms with Gasteiger partial charge in [-0.25, -0.2) is 14.1 Å². The molecule has 0 bridgehead atoms. The Balaban J connectivity index is 1.57. The van der Waals surface area contributed by atoms with Crippen LogP contribution in [0.25, 0.3) is 0 Å². The number of amides is 4. The lowest BCUT2D eigenvalue weighted by atomic mass is 10.1. The fraction of sp³-hybridized carbons (Fsp3) is 0.167. The van der Waals surface area contributed by atoms with Gasteiger partial charge in [0.05, 0.1) is 31.5 Å². The van der Waals surface area contributed by atoms with Gasteiger partial charge in [0.2, 0.25) is 5.91 Å². The van der Waals surface area contributed by atoms with Crippen LogP contribution in [0.4, 0.5) is 20.6 Å². The zero-order valence-electron chi connectivity index (χ0n) is 17.8. The summed E-state index contributed by atoms with van der Waals surface area (Å²) in [5.74, 6) is -0.842. The molecular formula is C24H21FN4O4. The minimum Gasteiger partial charge on any atom is -0.497 e. The number of carbonyl (C=O) groups excluding carboxylic acids is 3. The number of nitrogens with zero attached hydrogens (tertiary/aromatic N) is 3. The number of urea groups is 1. The Morgan fingerprint density at radius 1 is 1.06 bits per heavy atom. The molecule has 0 saturated carbocycles. The number of nitrogens with one attached hydrogen (secondary N) is 1. The number of pyridine rings is 1. The minimum atomic E-state index is -1.04. The zero-order valence-corrected chi connectivity index (χ0v) is 17.8. The van der Waals surface area contributed by atoms with E-state index in [0.717, 1.165) is 4.90 Å². The summed E-state index contributed by atoms with van der Waals surface area (Å²) in [6, 6.07) is 15.4. The lowest BCUT2D eigenvalue weighted by molar-refractivity contribution is -0.124. The van der Waals surface area contributed by atoms with Crippen LogP contribution in [-0.4, -0.2) is 40.9 Å². The van der Waals surface area contributed by atoms with Gasteiger partial charge in [0.1, 0.15) is 17.6 Å². The van der Waals surface area contributed by atoms with E-state index in [4.69, 9.17) is 4.74 Å². The van der Waals surface area contributed by atoms with Gasteiger partial charge in [-0.1, -0.05) is 6.07 Å². The molecule has 0 unspecified atom stereocenters. The molecule has 1 aromatic heterocycles. The van der Waals surface area contributed by atoms with Crippen molar-refractivity contribution in [2.75, 3.05) is 17.3 Å². The lowest BCUT2D eigenvalue weighted by Gasteiger charge is -2.21. The van der Waals surface area contributed by atoms with E-state index < -0.39 is 29.7 Å². The Hall–Kier alpha value is -4.27. The van der Waals surface area contributed by atoms with Gasteiger partial charge in [-0.3, -0.25) is 14.6 Å². The van der Waals surface area contributed by atoms with Crippen molar-refractivity contribution in [3.63, 3.8) is 0 Å². The van der Waals surface area contributed by atoms with Crippen LogP contribution in [0.2, 0.25) is 0 Å². The highest BCUT2D eigenvalue weighted by Crippen LogP contribution is 2.28. The molecule has 1 fully saturated rings. The van der Waals surface area contributed by atoms with E-state index in [-0.39, 0.29) is 18.7 Å². The SMILES string of the molecule is COc1ccc(NC(=O)C[C@H]2C(=O)N(c3ccc(F)cc3)C(=O)N2Cc2ccccn2)cc1. The van der Waals surface area contributed by atoms with Crippen LogP contribution in [0.1, 0.15) is 12.1 Å². The van der Waals surface area contributed by atoms with Crippen molar-refractivity contribution in [2.45, 2.75) is 19.0 Å². The van der Waals surface area contributed by atoms with E-state index in [2.05, 4.69) is 10.3 Å². The second-order valence-electron chi connectivity index (χ2n) is 7.38. The molecule has 4 amide bonds. The summed E-state index contributed by atoms with van der Waals surface area (Å²) in [7, 11) is 1.54. The van der Waals surface area contributed by atoms with Crippen molar-refractivity contribution < 1.29 is 23.5 Å². The minimum absolute atomic E-state index is 0.0452. The quantitative estimate of drug-likeness (QED) is 0.558. The molecule has 33 heavy (non-hydrogen) atoms. The smallest absolute Gasteiger partial charge is 0.332 e. The number of hydrogen-bond acceptors (Lipinski definition) is 5. The molecule has 0 aliphatic carbocycles. The summed E-state index contributed by atoms with van der Waals surface area (Å²) >= 11 is 0. The maximum atomic E-state index is 13.4. The van der Waals surface area contributed by atoms with Crippen LogP contribution in [0, 0.1) is 5.82 Å². The van der Waals surface area contributed by atoms with E-state index in [0.29, 0.717) is 17.1 Å². The van der Waals surface area contributed by atoms with Gasteiger partial charge in [-0.2, -0.15) is 0 Å². The zero-order chi connectivity index (χ0) is 23.4. The topological polar surface area (TPSA) is 91.8 Å². The molecular weight excluding hydrogens is 427 g/mol. The third kappa shape index (κ3) is 4.82. The molecule has 168 valence electrons. The van der Waals surface area contributed by atoms with E-state index >= 15 is 0 Å². The molecule has 1 saturated heterocycles. The van der Waals surface area contributed by atoms with Crippen LogP contribution in [0.15, 0.2) is 72.9 Å². The third-order valence-corrected chi connectivity index (χ3v) is 5.21. The van der Waals surface area contributed by atoms with Crippen molar-refractivity contribution in [1.82, 2.24) is 9.88 Å². The summed E-state index contributed by atoms with van der Waals surface area (Å²) in [6.07, 6.45) is 1.34. The number of anilines is 2. The molecule has 9 heteroatoms. The fourth-order valence-electron chi connectivity index (χ4n) is 3.57. The van der Waals surface area contributed by atoms with E-state index in [1.165, 1.54) is 29.2 Å². The van der Waals surface area contributed by atoms with Gasteiger partial charge in [-0.05, 0) is 60.7 Å². The summed E-state index contributed by atoms with van der Waals surface area (Å²) in [5.41, 5.74) is 1.33. The first-order valence-electron chi connectivity index (χ1n) is 10.2. The second kappa shape index (κ2) is 9.47. The monoisotopic (exact) mass is 448 g/mol. The maximum absolute atomic E-state index is 13.4. The van der Waals surface area contributed by atoms with Gasteiger partial charge in [0.15, 0.2) is 0 Å². The van der Waals surface area contributed by atoms with Crippen LogP contribution < -0.4 is 15.0 Å². The Bertz CT molecular complexity index is 1150.